The number of unbranched alkanes of at least 4 members (excludes halogenated alkanes) is 1. The number of hydrogen-bond donors (Lipinski definition) is 1. The van der Waals surface area contributed by atoms with E-state index in [1.165, 1.54) is 0 Å². The predicted molar refractivity (Wildman–Crippen MR) is 83.1 cm³/mol. The van der Waals surface area contributed by atoms with E-state index in [4.69, 9.17) is 9.47 Å². The number of carbonyl (C=O) groups excluding carboxylic acids is 1. The van der Waals surface area contributed by atoms with Gasteiger partial charge in [-0.2, -0.15) is 0 Å². The van der Waals surface area contributed by atoms with Crippen molar-refractivity contribution in [2.75, 3.05) is 33.5 Å². The Morgan fingerprint density at radius 2 is 2.05 bits per heavy atom. The van der Waals surface area contributed by atoms with E-state index >= 15 is 0 Å². The normalized spacial score (nSPS) is 10.6. The summed E-state index contributed by atoms with van der Waals surface area (Å²) in [5.74, 6) is -0.0409. The number of hydrogen-bond acceptors (Lipinski definition) is 3. The Morgan fingerprint density at radius 3 is 2.80 bits per heavy atom. The molecule has 20 heavy (non-hydrogen) atoms. The fraction of sp³-hybridized carbons (Fsp3) is 0.533. The van der Waals surface area contributed by atoms with Gasteiger partial charge >= 0.3 is 0 Å². The Balaban J connectivity index is 2.18. The van der Waals surface area contributed by atoms with Crippen LogP contribution in [0, 0.1) is 6.92 Å². The van der Waals surface area contributed by atoms with Crippen LogP contribution in [0.15, 0.2) is 22.7 Å². The van der Waals surface area contributed by atoms with E-state index in [1.807, 2.05) is 25.1 Å². The number of carbonyl (C=O) groups is 1. The molecule has 1 N–H and O–H groups in total. The van der Waals surface area contributed by atoms with E-state index in [9.17, 15) is 4.79 Å². The van der Waals surface area contributed by atoms with Crippen molar-refractivity contribution in [3.63, 3.8) is 0 Å². The molecule has 4 nitrogen and oxygen atoms in total. The summed E-state index contributed by atoms with van der Waals surface area (Å²) in [5.41, 5.74) is 1.76. The molecule has 0 aromatic heterocycles. The van der Waals surface area contributed by atoms with E-state index in [2.05, 4.69) is 21.2 Å². The lowest BCUT2D eigenvalue weighted by molar-refractivity contribution is 0.0686. The van der Waals surface area contributed by atoms with Crippen molar-refractivity contribution in [2.24, 2.45) is 0 Å². The van der Waals surface area contributed by atoms with Gasteiger partial charge in [-0.25, -0.2) is 0 Å². The summed E-state index contributed by atoms with van der Waals surface area (Å²) in [6.07, 6.45) is 1.83. The third kappa shape index (κ3) is 6.50. The molecule has 0 unspecified atom stereocenters. The Morgan fingerprint density at radius 1 is 1.25 bits per heavy atom. The van der Waals surface area contributed by atoms with E-state index in [0.29, 0.717) is 31.9 Å². The van der Waals surface area contributed by atoms with Gasteiger partial charge in [0, 0.05) is 24.7 Å². The summed E-state index contributed by atoms with van der Waals surface area (Å²) in [7, 11) is 1.66. The summed E-state index contributed by atoms with van der Waals surface area (Å²) in [6, 6.07) is 5.75. The van der Waals surface area contributed by atoms with Gasteiger partial charge in [-0.3, -0.25) is 4.79 Å². The SMILES string of the molecule is COCCOCCCCNC(=O)c1cc(C)ccc1Br. The molecule has 0 aliphatic rings. The topological polar surface area (TPSA) is 47.6 Å². The highest BCUT2D eigenvalue weighted by Crippen LogP contribution is 2.17. The predicted octanol–water partition coefficient (Wildman–Crippen LogP) is 2.93. The van der Waals surface area contributed by atoms with Gasteiger partial charge in [0.2, 0.25) is 0 Å². The van der Waals surface area contributed by atoms with E-state index in [-0.39, 0.29) is 5.91 Å². The zero-order chi connectivity index (χ0) is 14.8. The number of ether oxygens (including phenoxy) is 2. The van der Waals surface area contributed by atoms with Crippen molar-refractivity contribution in [3.8, 4) is 0 Å². The highest BCUT2D eigenvalue weighted by Gasteiger charge is 2.09. The molecule has 0 heterocycles. The van der Waals surface area contributed by atoms with Crippen molar-refractivity contribution in [2.45, 2.75) is 19.8 Å². The van der Waals surface area contributed by atoms with Gasteiger partial charge in [-0.05, 0) is 47.8 Å². The minimum atomic E-state index is -0.0409. The molecular weight excluding hydrogens is 322 g/mol. The second kappa shape index (κ2) is 9.91. The monoisotopic (exact) mass is 343 g/mol. The van der Waals surface area contributed by atoms with Crippen LogP contribution in [0.4, 0.5) is 0 Å². The van der Waals surface area contributed by atoms with Gasteiger partial charge in [0.15, 0.2) is 0 Å². The number of aryl methyl sites for hydroxylation is 1. The molecule has 112 valence electrons. The van der Waals surface area contributed by atoms with Gasteiger partial charge in [0.1, 0.15) is 0 Å². The second-order valence-electron chi connectivity index (χ2n) is 4.55. The fourth-order valence-corrected chi connectivity index (χ4v) is 2.11. The lowest BCUT2D eigenvalue weighted by Crippen LogP contribution is -2.25. The van der Waals surface area contributed by atoms with Gasteiger partial charge in [0.25, 0.3) is 5.91 Å². The maximum atomic E-state index is 12.0. The molecule has 1 aromatic rings. The molecule has 1 rings (SSSR count). The minimum absolute atomic E-state index is 0.0409. The first kappa shape index (κ1) is 17.1. The molecule has 0 bridgehead atoms. The van der Waals surface area contributed by atoms with Gasteiger partial charge in [-0.1, -0.05) is 11.6 Å². The summed E-state index contributed by atoms with van der Waals surface area (Å²) in [4.78, 5) is 12.0. The molecule has 0 atom stereocenters. The maximum absolute atomic E-state index is 12.0. The Kier molecular flexibility index (Phi) is 8.49. The lowest BCUT2D eigenvalue weighted by Gasteiger charge is -2.08. The zero-order valence-electron chi connectivity index (χ0n) is 12.1. The molecule has 0 fully saturated rings. The van der Waals surface area contributed by atoms with Gasteiger partial charge in [-0.15, -0.1) is 0 Å². The van der Waals surface area contributed by atoms with Crippen LogP contribution in [-0.2, 0) is 9.47 Å². The first-order valence-corrected chi connectivity index (χ1v) is 7.55. The van der Waals surface area contributed by atoms with Crippen LogP contribution in [0.5, 0.6) is 0 Å². The number of halogens is 1. The standard InChI is InChI=1S/C15H22BrNO3/c1-12-5-6-14(16)13(11-12)15(18)17-7-3-4-8-20-10-9-19-2/h5-6,11H,3-4,7-10H2,1-2H3,(H,17,18). The van der Waals surface area contributed by atoms with Crippen LogP contribution in [-0.4, -0.2) is 39.4 Å². The van der Waals surface area contributed by atoms with Crippen molar-refractivity contribution in [3.05, 3.63) is 33.8 Å². The summed E-state index contributed by atoms with van der Waals surface area (Å²) in [6.45, 7) is 4.58. The summed E-state index contributed by atoms with van der Waals surface area (Å²) in [5, 5.41) is 2.92. The van der Waals surface area contributed by atoms with Crippen molar-refractivity contribution < 1.29 is 14.3 Å². The van der Waals surface area contributed by atoms with Gasteiger partial charge < -0.3 is 14.8 Å². The molecule has 0 aliphatic carbocycles. The number of rotatable bonds is 9. The molecule has 0 spiro atoms. The minimum Gasteiger partial charge on any atom is -0.382 e. The average molecular weight is 344 g/mol. The van der Waals surface area contributed by atoms with E-state index in [1.54, 1.807) is 7.11 Å². The van der Waals surface area contributed by atoms with Crippen LogP contribution >= 0.6 is 15.9 Å². The summed E-state index contributed by atoms with van der Waals surface area (Å²) >= 11 is 3.40. The number of nitrogens with one attached hydrogen (secondary N) is 1. The molecule has 0 radical (unpaired) electrons. The molecule has 5 heteroatoms. The van der Waals surface area contributed by atoms with Crippen LogP contribution < -0.4 is 5.32 Å². The van der Waals surface area contributed by atoms with Crippen LogP contribution in [0.3, 0.4) is 0 Å². The lowest BCUT2D eigenvalue weighted by atomic mass is 10.1. The fourth-order valence-electron chi connectivity index (χ4n) is 1.68. The largest absolute Gasteiger partial charge is 0.382 e. The van der Waals surface area contributed by atoms with E-state index in [0.717, 1.165) is 22.9 Å². The van der Waals surface area contributed by atoms with Crippen molar-refractivity contribution in [1.29, 1.82) is 0 Å². The smallest absolute Gasteiger partial charge is 0.252 e. The third-order valence-electron chi connectivity index (χ3n) is 2.80. The number of amides is 1. The first-order valence-electron chi connectivity index (χ1n) is 6.76. The third-order valence-corrected chi connectivity index (χ3v) is 3.49. The molecule has 0 aliphatic heterocycles. The average Bonchev–Trinajstić information content (AvgIpc) is 2.44. The Labute approximate surface area is 129 Å². The highest BCUT2D eigenvalue weighted by atomic mass is 79.9. The van der Waals surface area contributed by atoms with Crippen LogP contribution in [0.2, 0.25) is 0 Å². The Bertz CT molecular complexity index is 424. The van der Waals surface area contributed by atoms with E-state index < -0.39 is 0 Å². The van der Waals surface area contributed by atoms with Crippen molar-refractivity contribution in [1.82, 2.24) is 5.32 Å². The number of methoxy groups -OCH3 is 1. The van der Waals surface area contributed by atoms with Gasteiger partial charge in [0.05, 0.1) is 18.8 Å². The zero-order valence-corrected chi connectivity index (χ0v) is 13.7. The number of benzene rings is 1. The second-order valence-corrected chi connectivity index (χ2v) is 5.41. The molecule has 1 amide bonds. The van der Waals surface area contributed by atoms with Crippen molar-refractivity contribution >= 4 is 21.8 Å². The molecule has 1 aromatic carbocycles. The summed E-state index contributed by atoms with van der Waals surface area (Å²) < 4.78 is 11.1. The molecular formula is C15H22BrNO3. The molecule has 0 saturated carbocycles. The van der Waals surface area contributed by atoms with Crippen LogP contribution in [0.1, 0.15) is 28.8 Å². The maximum Gasteiger partial charge on any atom is 0.252 e. The molecule has 0 saturated heterocycles. The quantitative estimate of drug-likeness (QED) is 0.701. The Hall–Kier alpha value is -0.910. The first-order chi connectivity index (χ1) is 9.65. The van der Waals surface area contributed by atoms with Crippen LogP contribution in [0.25, 0.3) is 0 Å². The highest BCUT2D eigenvalue weighted by molar-refractivity contribution is 9.10.